The van der Waals surface area contributed by atoms with Crippen molar-refractivity contribution in [3.63, 3.8) is 0 Å². The Hall–Kier alpha value is -0.570. The lowest BCUT2D eigenvalue weighted by Gasteiger charge is -2.27. The minimum absolute atomic E-state index is 0.145. The van der Waals surface area contributed by atoms with E-state index in [1.165, 1.54) is 0 Å². The fourth-order valence-electron chi connectivity index (χ4n) is 1.04. The number of amides is 1. The first-order valence-corrected chi connectivity index (χ1v) is 5.85. The topological polar surface area (TPSA) is 41.1 Å². The summed E-state index contributed by atoms with van der Waals surface area (Å²) < 4.78 is 0. The van der Waals surface area contributed by atoms with Crippen LogP contribution >= 0.6 is 0 Å². The molecule has 90 valence electrons. The first-order valence-electron chi connectivity index (χ1n) is 5.85. The Morgan fingerprint density at radius 1 is 1.33 bits per heavy atom. The second-order valence-corrected chi connectivity index (χ2v) is 5.17. The Labute approximate surface area is 94.0 Å². The van der Waals surface area contributed by atoms with Crippen molar-refractivity contribution in [2.75, 3.05) is 19.6 Å². The third kappa shape index (κ3) is 7.37. The van der Waals surface area contributed by atoms with Crippen molar-refractivity contribution in [3.8, 4) is 0 Å². The van der Waals surface area contributed by atoms with E-state index in [9.17, 15) is 4.79 Å². The van der Waals surface area contributed by atoms with Gasteiger partial charge >= 0.3 is 0 Å². The van der Waals surface area contributed by atoms with Gasteiger partial charge in [-0.05, 0) is 17.9 Å². The molecule has 0 bridgehead atoms. The van der Waals surface area contributed by atoms with Gasteiger partial charge in [-0.25, -0.2) is 0 Å². The molecule has 1 atom stereocenters. The van der Waals surface area contributed by atoms with Crippen LogP contribution in [0, 0.1) is 11.3 Å². The molecule has 0 fully saturated rings. The highest BCUT2D eigenvalue weighted by atomic mass is 16.1. The van der Waals surface area contributed by atoms with Crippen LogP contribution in [0.1, 0.15) is 41.0 Å². The van der Waals surface area contributed by atoms with E-state index in [1.54, 1.807) is 0 Å². The molecular formula is C12H26N2O. The van der Waals surface area contributed by atoms with Gasteiger partial charge in [0.15, 0.2) is 0 Å². The van der Waals surface area contributed by atoms with Crippen molar-refractivity contribution < 1.29 is 4.79 Å². The summed E-state index contributed by atoms with van der Waals surface area (Å²) in [7, 11) is 0. The number of hydrogen-bond donors (Lipinski definition) is 2. The molecule has 15 heavy (non-hydrogen) atoms. The summed E-state index contributed by atoms with van der Waals surface area (Å²) in [5.41, 5.74) is 0.259. The summed E-state index contributed by atoms with van der Waals surface area (Å²) in [6.45, 7) is 13.3. The van der Waals surface area contributed by atoms with Gasteiger partial charge in [0.2, 0.25) is 5.91 Å². The van der Waals surface area contributed by atoms with Gasteiger partial charge < -0.3 is 10.6 Å². The SMILES string of the molecule is CCNCCC(=O)NCC(C)C(C)(C)C. The molecule has 0 radical (unpaired) electrons. The molecule has 2 N–H and O–H groups in total. The second-order valence-electron chi connectivity index (χ2n) is 5.17. The van der Waals surface area contributed by atoms with Crippen LogP contribution in [-0.4, -0.2) is 25.5 Å². The average molecular weight is 214 g/mol. The molecule has 3 heteroatoms. The molecule has 1 amide bonds. The highest BCUT2D eigenvalue weighted by Gasteiger charge is 2.19. The van der Waals surface area contributed by atoms with Crippen molar-refractivity contribution >= 4 is 5.91 Å². The van der Waals surface area contributed by atoms with Crippen LogP contribution in [0.2, 0.25) is 0 Å². The molecule has 0 aliphatic heterocycles. The number of rotatable bonds is 6. The second kappa shape index (κ2) is 6.83. The Kier molecular flexibility index (Phi) is 6.57. The Bertz CT molecular complexity index is 185. The molecule has 0 aromatic rings. The standard InChI is InChI=1S/C12H26N2O/c1-6-13-8-7-11(15)14-9-10(2)12(3,4)5/h10,13H,6-9H2,1-5H3,(H,14,15). The molecule has 0 aromatic carbocycles. The lowest BCUT2D eigenvalue weighted by Crippen LogP contribution is -2.35. The van der Waals surface area contributed by atoms with Crippen LogP contribution in [0.3, 0.4) is 0 Å². The predicted molar refractivity (Wildman–Crippen MR) is 64.8 cm³/mol. The van der Waals surface area contributed by atoms with Crippen LogP contribution in [0.5, 0.6) is 0 Å². The van der Waals surface area contributed by atoms with E-state index in [4.69, 9.17) is 0 Å². The van der Waals surface area contributed by atoms with Crippen molar-refractivity contribution in [2.45, 2.75) is 41.0 Å². The molecule has 0 heterocycles. The minimum atomic E-state index is 0.145. The molecular weight excluding hydrogens is 188 g/mol. The molecule has 0 spiro atoms. The number of nitrogens with one attached hydrogen (secondary N) is 2. The van der Waals surface area contributed by atoms with Gasteiger partial charge in [-0.1, -0.05) is 34.6 Å². The smallest absolute Gasteiger partial charge is 0.221 e. The van der Waals surface area contributed by atoms with Crippen LogP contribution in [0.15, 0.2) is 0 Å². The van der Waals surface area contributed by atoms with E-state index >= 15 is 0 Å². The molecule has 0 aliphatic rings. The highest BCUT2D eigenvalue weighted by Crippen LogP contribution is 2.24. The third-order valence-corrected chi connectivity index (χ3v) is 2.86. The normalized spacial score (nSPS) is 13.7. The number of hydrogen-bond acceptors (Lipinski definition) is 2. The maximum Gasteiger partial charge on any atom is 0.221 e. The zero-order valence-corrected chi connectivity index (χ0v) is 10.8. The Morgan fingerprint density at radius 3 is 2.40 bits per heavy atom. The van der Waals surface area contributed by atoms with Crippen LogP contribution in [0.25, 0.3) is 0 Å². The zero-order chi connectivity index (χ0) is 11.9. The average Bonchev–Trinajstić information content (AvgIpc) is 2.13. The van der Waals surface area contributed by atoms with E-state index in [0.717, 1.165) is 19.6 Å². The number of carbonyl (C=O) groups excluding carboxylic acids is 1. The van der Waals surface area contributed by atoms with E-state index in [1.807, 2.05) is 6.92 Å². The fourth-order valence-corrected chi connectivity index (χ4v) is 1.04. The molecule has 3 nitrogen and oxygen atoms in total. The van der Waals surface area contributed by atoms with Crippen molar-refractivity contribution in [3.05, 3.63) is 0 Å². The predicted octanol–water partition coefficient (Wildman–Crippen LogP) is 1.78. The maximum atomic E-state index is 11.4. The summed E-state index contributed by atoms with van der Waals surface area (Å²) in [6, 6.07) is 0. The molecule has 0 aromatic heterocycles. The van der Waals surface area contributed by atoms with Gasteiger partial charge in [-0.15, -0.1) is 0 Å². The van der Waals surface area contributed by atoms with Gasteiger partial charge in [0.25, 0.3) is 0 Å². The fraction of sp³-hybridized carbons (Fsp3) is 0.917. The summed E-state index contributed by atoms with van der Waals surface area (Å²) in [6.07, 6.45) is 0.574. The summed E-state index contributed by atoms with van der Waals surface area (Å²) in [5, 5.41) is 6.11. The molecule has 1 unspecified atom stereocenters. The summed E-state index contributed by atoms with van der Waals surface area (Å²) >= 11 is 0. The van der Waals surface area contributed by atoms with Crippen molar-refractivity contribution in [2.24, 2.45) is 11.3 Å². The largest absolute Gasteiger partial charge is 0.356 e. The lowest BCUT2D eigenvalue weighted by atomic mass is 9.82. The molecule has 0 saturated heterocycles. The van der Waals surface area contributed by atoms with Crippen molar-refractivity contribution in [1.29, 1.82) is 0 Å². The Balaban J connectivity index is 3.62. The van der Waals surface area contributed by atoms with Crippen molar-refractivity contribution in [1.82, 2.24) is 10.6 Å². The maximum absolute atomic E-state index is 11.4. The third-order valence-electron chi connectivity index (χ3n) is 2.86. The van der Waals surface area contributed by atoms with E-state index in [-0.39, 0.29) is 11.3 Å². The van der Waals surface area contributed by atoms with Gasteiger partial charge in [0.1, 0.15) is 0 Å². The van der Waals surface area contributed by atoms with Gasteiger partial charge in [-0.3, -0.25) is 4.79 Å². The first-order chi connectivity index (χ1) is 6.88. The zero-order valence-electron chi connectivity index (χ0n) is 10.8. The molecule has 0 saturated carbocycles. The highest BCUT2D eigenvalue weighted by molar-refractivity contribution is 5.76. The van der Waals surface area contributed by atoms with Gasteiger partial charge in [0.05, 0.1) is 0 Å². The number of carbonyl (C=O) groups is 1. The minimum Gasteiger partial charge on any atom is -0.356 e. The first kappa shape index (κ1) is 14.4. The van der Waals surface area contributed by atoms with Gasteiger partial charge in [0, 0.05) is 19.5 Å². The van der Waals surface area contributed by atoms with Gasteiger partial charge in [-0.2, -0.15) is 0 Å². The van der Waals surface area contributed by atoms with Crippen LogP contribution < -0.4 is 10.6 Å². The summed E-state index contributed by atoms with van der Waals surface area (Å²) in [4.78, 5) is 11.4. The van der Waals surface area contributed by atoms with E-state index in [2.05, 4.69) is 38.3 Å². The molecule has 0 rings (SSSR count). The summed E-state index contributed by atoms with van der Waals surface area (Å²) in [5.74, 6) is 0.646. The van der Waals surface area contributed by atoms with Crippen LogP contribution in [-0.2, 0) is 4.79 Å². The molecule has 0 aliphatic carbocycles. The monoisotopic (exact) mass is 214 g/mol. The van der Waals surface area contributed by atoms with E-state index in [0.29, 0.717) is 12.3 Å². The quantitative estimate of drug-likeness (QED) is 0.662. The van der Waals surface area contributed by atoms with Crippen LogP contribution in [0.4, 0.5) is 0 Å². The lowest BCUT2D eigenvalue weighted by molar-refractivity contribution is -0.121. The van der Waals surface area contributed by atoms with E-state index < -0.39 is 0 Å². The Morgan fingerprint density at radius 2 is 1.93 bits per heavy atom.